The van der Waals surface area contributed by atoms with Gasteiger partial charge in [0.05, 0.1) is 33.3 Å². The highest BCUT2D eigenvalue weighted by Crippen LogP contribution is 2.38. The number of ether oxygens (including phenoxy) is 3. The van der Waals surface area contributed by atoms with Crippen LogP contribution in [0.25, 0.3) is 17.4 Å². The first kappa shape index (κ1) is 23.2. The van der Waals surface area contributed by atoms with Crippen molar-refractivity contribution in [3.8, 4) is 34.7 Å². The highest BCUT2D eigenvalue weighted by Gasteiger charge is 2.22. The molecule has 0 saturated carbocycles. The van der Waals surface area contributed by atoms with E-state index >= 15 is 0 Å². The average molecular weight is 492 g/mol. The number of rotatable bonds is 7. The minimum atomic E-state index is -0.457. The Balaban J connectivity index is 1.57. The number of methoxy groups -OCH3 is 3. The molecule has 0 bridgehead atoms. The van der Waals surface area contributed by atoms with E-state index in [-0.39, 0.29) is 17.1 Å². The Morgan fingerprint density at radius 1 is 1.08 bits per heavy atom. The Bertz CT molecular complexity index is 1450. The molecule has 186 valence electrons. The van der Waals surface area contributed by atoms with Gasteiger partial charge in [-0.1, -0.05) is 0 Å². The first-order valence-electron chi connectivity index (χ1n) is 11.4. The topological polar surface area (TPSA) is 134 Å². The summed E-state index contributed by atoms with van der Waals surface area (Å²) in [7, 11) is 4.44. The van der Waals surface area contributed by atoms with Crippen molar-refractivity contribution in [3.63, 3.8) is 0 Å². The molecule has 11 nitrogen and oxygen atoms in total. The standard InChI is InChI=1S/C25H25N5O6/c1-33-19-11-14(12-20(34-2)22(19)35-3)23(31)27-21-13-17(18-9-6-10-36-18)29-30(21)25-26-16-8-5-4-7-15(16)24(32)28-25/h6,9-13H,4-5,7-8H2,1-3H3,(H,27,31)(H,26,28,32). The van der Waals surface area contributed by atoms with E-state index in [0.717, 1.165) is 18.5 Å². The Morgan fingerprint density at radius 2 is 1.83 bits per heavy atom. The van der Waals surface area contributed by atoms with Crippen LogP contribution in [0.4, 0.5) is 5.82 Å². The highest BCUT2D eigenvalue weighted by atomic mass is 16.5. The van der Waals surface area contributed by atoms with E-state index in [2.05, 4.69) is 20.4 Å². The minimum absolute atomic E-state index is 0.202. The Hall–Kier alpha value is -4.54. The molecule has 1 aliphatic carbocycles. The molecular weight excluding hydrogens is 466 g/mol. The maximum atomic E-state index is 13.3. The smallest absolute Gasteiger partial charge is 0.257 e. The number of amides is 1. The van der Waals surface area contributed by atoms with Crippen molar-refractivity contribution in [1.29, 1.82) is 0 Å². The first-order valence-corrected chi connectivity index (χ1v) is 11.4. The molecule has 5 rings (SSSR count). The fourth-order valence-corrected chi connectivity index (χ4v) is 4.27. The number of furan rings is 1. The van der Waals surface area contributed by atoms with Crippen LogP contribution in [0.3, 0.4) is 0 Å². The number of nitrogens with zero attached hydrogens (tertiary/aromatic N) is 3. The molecular formula is C25H25N5O6. The van der Waals surface area contributed by atoms with Gasteiger partial charge in [0.1, 0.15) is 11.5 Å². The van der Waals surface area contributed by atoms with Gasteiger partial charge in [-0.05, 0) is 49.9 Å². The molecule has 1 aromatic carbocycles. The van der Waals surface area contributed by atoms with Crippen LogP contribution in [0, 0.1) is 0 Å². The van der Waals surface area contributed by atoms with Crippen molar-refractivity contribution in [2.45, 2.75) is 25.7 Å². The van der Waals surface area contributed by atoms with Crippen LogP contribution >= 0.6 is 0 Å². The van der Waals surface area contributed by atoms with Crippen LogP contribution < -0.4 is 25.1 Å². The number of aromatic amines is 1. The number of aromatic nitrogens is 4. The van der Waals surface area contributed by atoms with E-state index in [9.17, 15) is 9.59 Å². The minimum Gasteiger partial charge on any atom is -0.493 e. The molecule has 0 atom stereocenters. The summed E-state index contributed by atoms with van der Waals surface area (Å²) in [5, 5.41) is 7.41. The molecule has 11 heteroatoms. The second kappa shape index (κ2) is 9.61. The number of carbonyl (C=O) groups is 1. The third-order valence-electron chi connectivity index (χ3n) is 6.03. The molecule has 2 N–H and O–H groups in total. The van der Waals surface area contributed by atoms with E-state index in [1.54, 1.807) is 30.3 Å². The van der Waals surface area contributed by atoms with E-state index in [1.807, 2.05) is 0 Å². The summed E-state index contributed by atoms with van der Waals surface area (Å²) in [6.45, 7) is 0. The lowest BCUT2D eigenvalue weighted by atomic mass is 9.97. The van der Waals surface area contributed by atoms with Gasteiger partial charge < -0.3 is 23.9 Å². The summed E-state index contributed by atoms with van der Waals surface area (Å²) >= 11 is 0. The van der Waals surface area contributed by atoms with Crippen molar-refractivity contribution in [2.75, 3.05) is 26.6 Å². The van der Waals surface area contributed by atoms with Gasteiger partial charge in [0, 0.05) is 17.2 Å². The lowest BCUT2D eigenvalue weighted by Gasteiger charge is -2.16. The molecule has 1 aliphatic rings. The Labute approximate surface area is 206 Å². The van der Waals surface area contributed by atoms with Gasteiger partial charge >= 0.3 is 0 Å². The van der Waals surface area contributed by atoms with Crippen LogP contribution in [0.2, 0.25) is 0 Å². The number of fused-ring (bicyclic) bond motifs is 1. The molecule has 0 aliphatic heterocycles. The van der Waals surface area contributed by atoms with Crippen molar-refractivity contribution in [3.05, 3.63) is 63.8 Å². The van der Waals surface area contributed by atoms with Crippen LogP contribution in [-0.4, -0.2) is 47.0 Å². The summed E-state index contributed by atoms with van der Waals surface area (Å²) in [5.74, 6) is 1.59. The van der Waals surface area contributed by atoms with Gasteiger partial charge in [0.25, 0.3) is 11.5 Å². The lowest BCUT2D eigenvalue weighted by molar-refractivity contribution is 0.102. The summed E-state index contributed by atoms with van der Waals surface area (Å²) in [4.78, 5) is 33.6. The van der Waals surface area contributed by atoms with Gasteiger partial charge in [-0.25, -0.2) is 4.98 Å². The van der Waals surface area contributed by atoms with Crippen LogP contribution in [0.15, 0.2) is 45.8 Å². The predicted octanol–water partition coefficient (Wildman–Crippen LogP) is 3.37. The van der Waals surface area contributed by atoms with Gasteiger partial charge in [-0.2, -0.15) is 9.78 Å². The van der Waals surface area contributed by atoms with Crippen molar-refractivity contribution >= 4 is 11.7 Å². The van der Waals surface area contributed by atoms with Gasteiger partial charge in [-0.15, -0.1) is 0 Å². The molecule has 4 aromatic rings. The number of benzene rings is 1. The Morgan fingerprint density at radius 3 is 2.50 bits per heavy atom. The van der Waals surface area contributed by atoms with E-state index in [4.69, 9.17) is 18.6 Å². The summed E-state index contributed by atoms with van der Waals surface area (Å²) in [6.07, 6.45) is 4.86. The molecule has 0 unspecified atom stereocenters. The number of carbonyl (C=O) groups excluding carboxylic acids is 1. The van der Waals surface area contributed by atoms with Crippen LogP contribution in [-0.2, 0) is 12.8 Å². The number of aryl methyl sites for hydroxylation is 1. The zero-order chi connectivity index (χ0) is 25.2. The summed E-state index contributed by atoms with van der Waals surface area (Å²) < 4.78 is 23.0. The summed E-state index contributed by atoms with van der Waals surface area (Å²) in [5.41, 5.74) is 1.97. The Kier molecular flexibility index (Phi) is 6.19. The number of nitrogens with one attached hydrogen (secondary N) is 2. The number of hydrogen-bond donors (Lipinski definition) is 2. The molecule has 0 fully saturated rings. The number of anilines is 1. The molecule has 3 heterocycles. The van der Waals surface area contributed by atoms with Gasteiger partial charge in [0.2, 0.25) is 11.7 Å². The fourth-order valence-electron chi connectivity index (χ4n) is 4.27. The van der Waals surface area contributed by atoms with Crippen molar-refractivity contribution in [2.24, 2.45) is 0 Å². The SMILES string of the molecule is COc1cc(C(=O)Nc2cc(-c3ccco3)nn2-c2nc3c(c(=O)[nH]2)CCCC3)cc(OC)c1OC. The van der Waals surface area contributed by atoms with Crippen molar-refractivity contribution in [1.82, 2.24) is 19.7 Å². The van der Waals surface area contributed by atoms with Gasteiger partial charge in [0.15, 0.2) is 17.3 Å². The maximum absolute atomic E-state index is 13.3. The monoisotopic (exact) mass is 491 g/mol. The van der Waals surface area contributed by atoms with Crippen LogP contribution in [0.1, 0.15) is 34.5 Å². The average Bonchev–Trinajstić information content (AvgIpc) is 3.58. The molecule has 3 aromatic heterocycles. The predicted molar refractivity (Wildman–Crippen MR) is 130 cm³/mol. The largest absolute Gasteiger partial charge is 0.493 e. The molecule has 36 heavy (non-hydrogen) atoms. The highest BCUT2D eigenvalue weighted by molar-refractivity contribution is 6.05. The molecule has 0 radical (unpaired) electrons. The van der Waals surface area contributed by atoms with E-state index in [1.165, 1.54) is 32.3 Å². The number of H-pyrrole nitrogens is 1. The third-order valence-corrected chi connectivity index (χ3v) is 6.03. The normalized spacial score (nSPS) is 12.6. The van der Waals surface area contributed by atoms with Crippen LogP contribution in [0.5, 0.6) is 17.2 Å². The van der Waals surface area contributed by atoms with E-state index in [0.29, 0.717) is 52.9 Å². The number of hydrogen-bond acceptors (Lipinski definition) is 8. The quantitative estimate of drug-likeness (QED) is 0.402. The zero-order valence-electron chi connectivity index (χ0n) is 20.1. The maximum Gasteiger partial charge on any atom is 0.257 e. The zero-order valence-corrected chi connectivity index (χ0v) is 20.1. The first-order chi connectivity index (χ1) is 17.5. The fraction of sp³-hybridized carbons (Fsp3) is 0.280. The second-order valence-electron chi connectivity index (χ2n) is 8.19. The summed E-state index contributed by atoms with van der Waals surface area (Å²) in [6, 6.07) is 8.23. The van der Waals surface area contributed by atoms with Crippen molar-refractivity contribution < 1.29 is 23.4 Å². The lowest BCUT2D eigenvalue weighted by Crippen LogP contribution is -2.24. The molecule has 0 spiro atoms. The third kappa shape index (κ3) is 4.19. The van der Waals surface area contributed by atoms with Gasteiger partial charge in [-0.3, -0.25) is 14.6 Å². The van der Waals surface area contributed by atoms with E-state index < -0.39 is 5.91 Å². The molecule has 1 amide bonds. The second-order valence-corrected chi connectivity index (χ2v) is 8.19. The molecule has 0 saturated heterocycles.